The van der Waals surface area contributed by atoms with E-state index >= 15 is 0 Å². The SMILES string of the molecule is COCCNC(=O)CNCCCC(=O)NC1CC1. The van der Waals surface area contributed by atoms with E-state index in [4.69, 9.17) is 4.74 Å². The van der Waals surface area contributed by atoms with E-state index in [9.17, 15) is 9.59 Å². The molecule has 0 unspecified atom stereocenters. The lowest BCUT2D eigenvalue weighted by atomic mass is 10.3. The molecular weight excluding hydrogens is 234 g/mol. The first-order valence-electron chi connectivity index (χ1n) is 6.48. The van der Waals surface area contributed by atoms with Gasteiger partial charge in [-0.05, 0) is 25.8 Å². The van der Waals surface area contributed by atoms with Gasteiger partial charge in [-0.2, -0.15) is 0 Å². The Balaban J connectivity index is 1.84. The van der Waals surface area contributed by atoms with Gasteiger partial charge in [-0.15, -0.1) is 0 Å². The summed E-state index contributed by atoms with van der Waals surface area (Å²) in [6.07, 6.45) is 3.51. The summed E-state index contributed by atoms with van der Waals surface area (Å²) in [6, 6.07) is 0.428. The summed E-state index contributed by atoms with van der Waals surface area (Å²) >= 11 is 0. The highest BCUT2D eigenvalue weighted by Gasteiger charge is 2.22. The van der Waals surface area contributed by atoms with Gasteiger partial charge in [0.1, 0.15) is 0 Å². The molecule has 0 bridgehead atoms. The lowest BCUT2D eigenvalue weighted by Crippen LogP contribution is -2.36. The number of amides is 2. The van der Waals surface area contributed by atoms with E-state index in [0.29, 0.717) is 32.2 Å². The molecule has 104 valence electrons. The van der Waals surface area contributed by atoms with Crippen LogP contribution in [0.3, 0.4) is 0 Å². The van der Waals surface area contributed by atoms with E-state index in [2.05, 4.69) is 16.0 Å². The predicted octanol–water partition coefficient (Wildman–Crippen LogP) is -0.603. The molecule has 0 radical (unpaired) electrons. The van der Waals surface area contributed by atoms with Gasteiger partial charge in [-0.3, -0.25) is 9.59 Å². The molecule has 1 aliphatic carbocycles. The molecule has 0 atom stereocenters. The second kappa shape index (κ2) is 8.88. The zero-order valence-electron chi connectivity index (χ0n) is 11.0. The van der Waals surface area contributed by atoms with Crippen molar-refractivity contribution >= 4 is 11.8 Å². The third-order valence-corrected chi connectivity index (χ3v) is 2.61. The number of methoxy groups -OCH3 is 1. The molecule has 0 saturated heterocycles. The molecule has 18 heavy (non-hydrogen) atoms. The Morgan fingerprint density at radius 1 is 1.22 bits per heavy atom. The standard InChI is InChI=1S/C12H23N3O3/c1-18-8-7-14-12(17)9-13-6-2-3-11(16)15-10-4-5-10/h10,13H,2-9H2,1H3,(H,14,17)(H,15,16). The number of carbonyl (C=O) groups is 2. The molecule has 2 amide bonds. The second-order valence-corrected chi connectivity index (χ2v) is 4.46. The Bertz CT molecular complexity index is 267. The molecule has 1 fully saturated rings. The average Bonchev–Trinajstić information content (AvgIpc) is 3.13. The van der Waals surface area contributed by atoms with Crippen molar-refractivity contribution in [3.8, 4) is 0 Å². The van der Waals surface area contributed by atoms with Crippen LogP contribution in [-0.4, -0.2) is 51.2 Å². The van der Waals surface area contributed by atoms with Crippen LogP contribution in [0.25, 0.3) is 0 Å². The van der Waals surface area contributed by atoms with Gasteiger partial charge >= 0.3 is 0 Å². The number of nitrogens with one attached hydrogen (secondary N) is 3. The van der Waals surface area contributed by atoms with Crippen LogP contribution in [0.2, 0.25) is 0 Å². The van der Waals surface area contributed by atoms with Crippen LogP contribution in [0.15, 0.2) is 0 Å². The highest BCUT2D eigenvalue weighted by Crippen LogP contribution is 2.18. The topological polar surface area (TPSA) is 79.5 Å². The Hall–Kier alpha value is -1.14. The Morgan fingerprint density at radius 2 is 2.00 bits per heavy atom. The van der Waals surface area contributed by atoms with E-state index in [1.807, 2.05) is 0 Å². The number of ether oxygens (including phenoxy) is 1. The molecule has 0 heterocycles. The molecule has 1 aliphatic rings. The fourth-order valence-electron chi connectivity index (χ4n) is 1.46. The number of carbonyl (C=O) groups excluding carboxylic acids is 2. The molecule has 0 aromatic heterocycles. The van der Waals surface area contributed by atoms with Gasteiger partial charge in [0.05, 0.1) is 13.2 Å². The lowest BCUT2D eigenvalue weighted by Gasteiger charge is -2.06. The van der Waals surface area contributed by atoms with Crippen molar-refractivity contribution in [1.29, 1.82) is 0 Å². The summed E-state index contributed by atoms with van der Waals surface area (Å²) in [6.45, 7) is 2.01. The number of hydrogen-bond acceptors (Lipinski definition) is 4. The fourth-order valence-corrected chi connectivity index (χ4v) is 1.46. The molecule has 0 aromatic carbocycles. The fraction of sp³-hybridized carbons (Fsp3) is 0.833. The predicted molar refractivity (Wildman–Crippen MR) is 68.2 cm³/mol. The van der Waals surface area contributed by atoms with Crippen molar-refractivity contribution in [3.05, 3.63) is 0 Å². The van der Waals surface area contributed by atoms with E-state index in [1.165, 1.54) is 0 Å². The maximum atomic E-state index is 11.3. The van der Waals surface area contributed by atoms with E-state index in [1.54, 1.807) is 7.11 Å². The minimum absolute atomic E-state index is 0.0468. The van der Waals surface area contributed by atoms with Crippen molar-refractivity contribution in [2.75, 3.05) is 33.4 Å². The minimum Gasteiger partial charge on any atom is -0.383 e. The van der Waals surface area contributed by atoms with Crippen LogP contribution in [0.4, 0.5) is 0 Å². The van der Waals surface area contributed by atoms with Gasteiger partial charge in [0.15, 0.2) is 0 Å². The first-order chi connectivity index (χ1) is 8.72. The van der Waals surface area contributed by atoms with Crippen LogP contribution in [0, 0.1) is 0 Å². The van der Waals surface area contributed by atoms with Crippen molar-refractivity contribution in [1.82, 2.24) is 16.0 Å². The number of hydrogen-bond donors (Lipinski definition) is 3. The maximum Gasteiger partial charge on any atom is 0.234 e. The molecule has 6 nitrogen and oxygen atoms in total. The molecule has 6 heteroatoms. The first kappa shape index (κ1) is 14.9. The van der Waals surface area contributed by atoms with Crippen LogP contribution in [-0.2, 0) is 14.3 Å². The summed E-state index contributed by atoms with van der Waals surface area (Å²) in [5.74, 6) is 0.0679. The van der Waals surface area contributed by atoms with Gasteiger partial charge in [-0.1, -0.05) is 0 Å². The Kier molecular flexibility index (Phi) is 7.36. The third-order valence-electron chi connectivity index (χ3n) is 2.61. The summed E-state index contributed by atoms with van der Waals surface area (Å²) < 4.78 is 4.82. The average molecular weight is 257 g/mol. The summed E-state index contributed by atoms with van der Waals surface area (Å²) in [5.41, 5.74) is 0. The van der Waals surface area contributed by atoms with E-state index in [0.717, 1.165) is 19.3 Å². The van der Waals surface area contributed by atoms with Crippen LogP contribution in [0.1, 0.15) is 25.7 Å². The zero-order valence-corrected chi connectivity index (χ0v) is 11.0. The molecule has 0 spiro atoms. The van der Waals surface area contributed by atoms with Gasteiger partial charge in [0, 0.05) is 26.1 Å². The molecule has 1 rings (SSSR count). The van der Waals surface area contributed by atoms with Crippen LogP contribution >= 0.6 is 0 Å². The summed E-state index contributed by atoms with van der Waals surface area (Å²) in [7, 11) is 1.59. The highest BCUT2D eigenvalue weighted by molar-refractivity contribution is 5.78. The maximum absolute atomic E-state index is 11.3. The van der Waals surface area contributed by atoms with Gasteiger partial charge in [-0.25, -0.2) is 0 Å². The molecule has 3 N–H and O–H groups in total. The van der Waals surface area contributed by atoms with Gasteiger partial charge in [0.25, 0.3) is 0 Å². The summed E-state index contributed by atoms with van der Waals surface area (Å²) in [4.78, 5) is 22.6. The van der Waals surface area contributed by atoms with Gasteiger partial charge < -0.3 is 20.7 Å². The van der Waals surface area contributed by atoms with Gasteiger partial charge in [0.2, 0.25) is 11.8 Å². The highest BCUT2D eigenvalue weighted by atomic mass is 16.5. The van der Waals surface area contributed by atoms with E-state index < -0.39 is 0 Å². The lowest BCUT2D eigenvalue weighted by molar-refractivity contribution is -0.121. The third kappa shape index (κ3) is 8.03. The van der Waals surface area contributed by atoms with Crippen LogP contribution in [0.5, 0.6) is 0 Å². The van der Waals surface area contributed by atoms with Crippen molar-refractivity contribution < 1.29 is 14.3 Å². The monoisotopic (exact) mass is 257 g/mol. The number of rotatable bonds is 10. The first-order valence-corrected chi connectivity index (χ1v) is 6.48. The minimum atomic E-state index is -0.0468. The van der Waals surface area contributed by atoms with Crippen LogP contribution < -0.4 is 16.0 Å². The largest absolute Gasteiger partial charge is 0.383 e. The Labute approximate surface area is 108 Å². The van der Waals surface area contributed by atoms with Crippen molar-refractivity contribution in [2.24, 2.45) is 0 Å². The Morgan fingerprint density at radius 3 is 2.67 bits per heavy atom. The summed E-state index contributed by atoms with van der Waals surface area (Å²) in [5, 5.41) is 8.64. The second-order valence-electron chi connectivity index (χ2n) is 4.46. The van der Waals surface area contributed by atoms with Crippen molar-refractivity contribution in [3.63, 3.8) is 0 Å². The zero-order chi connectivity index (χ0) is 13.2. The smallest absolute Gasteiger partial charge is 0.234 e. The van der Waals surface area contributed by atoms with E-state index in [-0.39, 0.29) is 18.4 Å². The molecule has 1 saturated carbocycles. The molecule has 0 aromatic rings. The molecule has 0 aliphatic heterocycles. The van der Waals surface area contributed by atoms with Crippen molar-refractivity contribution in [2.45, 2.75) is 31.7 Å². The quantitative estimate of drug-likeness (QED) is 0.457. The molecular formula is C12H23N3O3. The normalized spacial score (nSPS) is 14.3.